The number of hydrogen-bond acceptors (Lipinski definition) is 3. The average molecular weight is 312 g/mol. The molecule has 112 valence electrons. The van der Waals surface area contributed by atoms with Crippen LogP contribution in [0.2, 0.25) is 5.02 Å². The number of carbonyl (C=O) groups excluding carboxylic acids is 1. The van der Waals surface area contributed by atoms with Crippen molar-refractivity contribution >= 4 is 17.5 Å². The lowest BCUT2D eigenvalue weighted by atomic mass is 10.1. The van der Waals surface area contributed by atoms with E-state index in [1.165, 1.54) is 12.1 Å². The molecule has 1 heterocycles. The van der Waals surface area contributed by atoms with E-state index in [1.54, 1.807) is 17.8 Å². The Bertz CT molecular complexity index is 653. The molecule has 0 saturated heterocycles. The molecule has 2 N–H and O–H groups in total. The lowest BCUT2D eigenvalue weighted by Crippen LogP contribution is -2.28. The highest BCUT2D eigenvalue weighted by Crippen LogP contribution is 2.19. The highest BCUT2D eigenvalue weighted by atomic mass is 35.5. The minimum atomic E-state index is -1.02. The third-order valence-corrected chi connectivity index (χ3v) is 3.44. The molecule has 1 atom stereocenters. The number of nitrogens with one attached hydrogen (secondary N) is 1. The van der Waals surface area contributed by atoms with Crippen LogP contribution in [-0.4, -0.2) is 27.3 Å². The molecule has 2 aromatic rings. The van der Waals surface area contributed by atoms with Crippen molar-refractivity contribution in [1.82, 2.24) is 15.1 Å². The summed E-state index contributed by atoms with van der Waals surface area (Å²) in [6.45, 7) is 1.78. The second-order valence-electron chi connectivity index (χ2n) is 4.69. The van der Waals surface area contributed by atoms with Crippen LogP contribution < -0.4 is 5.32 Å². The van der Waals surface area contributed by atoms with Gasteiger partial charge < -0.3 is 10.4 Å². The summed E-state index contributed by atoms with van der Waals surface area (Å²) in [7, 11) is 1.73. The Morgan fingerprint density at radius 3 is 2.81 bits per heavy atom. The van der Waals surface area contributed by atoms with Crippen molar-refractivity contribution in [1.29, 1.82) is 0 Å². The maximum atomic E-state index is 13.3. The zero-order valence-corrected chi connectivity index (χ0v) is 12.4. The van der Waals surface area contributed by atoms with Crippen molar-refractivity contribution in [2.75, 3.05) is 6.54 Å². The molecule has 0 aliphatic rings. The molecule has 0 fully saturated rings. The van der Waals surface area contributed by atoms with Crippen LogP contribution in [0.3, 0.4) is 0 Å². The molecular weight excluding hydrogens is 297 g/mol. The van der Waals surface area contributed by atoms with Gasteiger partial charge in [-0.2, -0.15) is 5.10 Å². The Balaban J connectivity index is 1.98. The van der Waals surface area contributed by atoms with E-state index in [-0.39, 0.29) is 17.3 Å². The normalized spacial score (nSPS) is 12.2. The van der Waals surface area contributed by atoms with Gasteiger partial charge in [0.15, 0.2) is 0 Å². The maximum absolute atomic E-state index is 13.3. The summed E-state index contributed by atoms with van der Waals surface area (Å²) in [5.74, 6) is -1.01. The van der Waals surface area contributed by atoms with Gasteiger partial charge in [-0.05, 0) is 30.7 Å². The van der Waals surface area contributed by atoms with Crippen molar-refractivity contribution in [3.8, 4) is 0 Å². The molecule has 1 unspecified atom stereocenters. The molecule has 0 bridgehead atoms. The van der Waals surface area contributed by atoms with Crippen molar-refractivity contribution < 1.29 is 14.3 Å². The maximum Gasteiger partial charge on any atom is 0.271 e. The number of aryl methyl sites for hydroxylation is 2. The topological polar surface area (TPSA) is 67.2 Å². The number of benzene rings is 1. The van der Waals surface area contributed by atoms with E-state index in [0.717, 1.165) is 11.8 Å². The second-order valence-corrected chi connectivity index (χ2v) is 5.10. The number of nitrogens with zero attached hydrogens (tertiary/aromatic N) is 2. The Labute approximate surface area is 126 Å². The fraction of sp³-hybridized carbons (Fsp3) is 0.286. The number of halogens is 2. The standard InChI is InChI=1S/C14H15ClFN3O2/c1-8-5-12(18-19(8)2)14(21)17-7-13(20)9-3-4-10(15)11(16)6-9/h3-6,13,20H,7H2,1-2H3,(H,17,21). The zero-order chi connectivity index (χ0) is 15.6. The predicted octanol–water partition coefficient (Wildman–Crippen LogP) is 1.98. The first-order valence-corrected chi connectivity index (χ1v) is 6.68. The van der Waals surface area contributed by atoms with Crippen LogP contribution in [0.5, 0.6) is 0 Å². The average Bonchev–Trinajstić information content (AvgIpc) is 2.78. The van der Waals surface area contributed by atoms with Crippen LogP contribution in [0.15, 0.2) is 24.3 Å². The summed E-state index contributed by atoms with van der Waals surface area (Å²) in [6.07, 6.45) is -1.02. The van der Waals surface area contributed by atoms with Gasteiger partial charge in [0.05, 0.1) is 11.1 Å². The molecule has 1 aromatic carbocycles. The predicted molar refractivity (Wildman–Crippen MR) is 76.6 cm³/mol. The highest BCUT2D eigenvalue weighted by Gasteiger charge is 2.14. The van der Waals surface area contributed by atoms with Crippen molar-refractivity contribution in [3.05, 3.63) is 52.1 Å². The first kappa shape index (κ1) is 15.5. The monoisotopic (exact) mass is 311 g/mol. The fourth-order valence-corrected chi connectivity index (χ4v) is 1.91. The van der Waals surface area contributed by atoms with Crippen LogP contribution in [0.25, 0.3) is 0 Å². The molecule has 0 saturated carbocycles. The van der Waals surface area contributed by atoms with Gasteiger partial charge in [0.2, 0.25) is 0 Å². The zero-order valence-electron chi connectivity index (χ0n) is 11.6. The Kier molecular flexibility index (Phi) is 4.59. The summed E-state index contributed by atoms with van der Waals surface area (Å²) in [5, 5.41) is 16.5. The van der Waals surface area contributed by atoms with E-state index in [4.69, 9.17) is 11.6 Å². The molecule has 0 spiro atoms. The van der Waals surface area contributed by atoms with Gasteiger partial charge in [-0.15, -0.1) is 0 Å². The minimum absolute atomic E-state index is 0.0149. The van der Waals surface area contributed by atoms with Gasteiger partial charge in [0, 0.05) is 19.3 Å². The number of hydrogen-bond donors (Lipinski definition) is 2. The number of rotatable bonds is 4. The van der Waals surface area contributed by atoms with Crippen LogP contribution >= 0.6 is 11.6 Å². The van der Waals surface area contributed by atoms with Crippen LogP contribution in [0, 0.1) is 12.7 Å². The van der Waals surface area contributed by atoms with Gasteiger partial charge in [-0.3, -0.25) is 9.48 Å². The Hall–Kier alpha value is -1.92. The van der Waals surface area contributed by atoms with E-state index in [0.29, 0.717) is 5.56 Å². The number of carbonyl (C=O) groups is 1. The molecule has 0 aliphatic carbocycles. The second kappa shape index (κ2) is 6.24. The Morgan fingerprint density at radius 1 is 1.52 bits per heavy atom. The summed E-state index contributed by atoms with van der Waals surface area (Å²) in [6, 6.07) is 5.65. The lowest BCUT2D eigenvalue weighted by molar-refractivity contribution is 0.0910. The lowest BCUT2D eigenvalue weighted by Gasteiger charge is -2.12. The van der Waals surface area contributed by atoms with Crippen molar-refractivity contribution in [3.63, 3.8) is 0 Å². The molecule has 0 aliphatic heterocycles. The summed E-state index contributed by atoms with van der Waals surface area (Å²) in [5.41, 5.74) is 1.46. The molecule has 7 heteroatoms. The largest absolute Gasteiger partial charge is 0.387 e. The van der Waals surface area contributed by atoms with Gasteiger partial charge in [-0.25, -0.2) is 4.39 Å². The molecule has 0 radical (unpaired) electrons. The SMILES string of the molecule is Cc1cc(C(=O)NCC(O)c2ccc(Cl)c(F)c2)nn1C. The number of amides is 1. The number of aromatic nitrogens is 2. The minimum Gasteiger partial charge on any atom is -0.387 e. The third kappa shape index (κ3) is 3.59. The van der Waals surface area contributed by atoms with Gasteiger partial charge >= 0.3 is 0 Å². The number of aliphatic hydroxyl groups is 1. The summed E-state index contributed by atoms with van der Waals surface area (Å²) in [4.78, 5) is 11.9. The van der Waals surface area contributed by atoms with Crippen molar-refractivity contribution in [2.45, 2.75) is 13.0 Å². The molecule has 21 heavy (non-hydrogen) atoms. The van der Waals surface area contributed by atoms with E-state index >= 15 is 0 Å². The van der Waals surface area contributed by atoms with E-state index < -0.39 is 17.8 Å². The van der Waals surface area contributed by atoms with Crippen LogP contribution in [0.4, 0.5) is 4.39 Å². The van der Waals surface area contributed by atoms with E-state index in [9.17, 15) is 14.3 Å². The molecular formula is C14H15ClFN3O2. The highest BCUT2D eigenvalue weighted by molar-refractivity contribution is 6.30. The molecule has 5 nitrogen and oxygen atoms in total. The fourth-order valence-electron chi connectivity index (χ4n) is 1.79. The van der Waals surface area contributed by atoms with Crippen molar-refractivity contribution in [2.24, 2.45) is 7.05 Å². The molecule has 2 rings (SSSR count). The van der Waals surface area contributed by atoms with Gasteiger partial charge in [0.1, 0.15) is 11.5 Å². The summed E-state index contributed by atoms with van der Waals surface area (Å²) >= 11 is 5.57. The quantitative estimate of drug-likeness (QED) is 0.907. The van der Waals surface area contributed by atoms with Gasteiger partial charge in [0.25, 0.3) is 5.91 Å². The van der Waals surface area contributed by atoms with Gasteiger partial charge in [-0.1, -0.05) is 17.7 Å². The van der Waals surface area contributed by atoms with Crippen LogP contribution in [-0.2, 0) is 7.05 Å². The summed E-state index contributed by atoms with van der Waals surface area (Å²) < 4.78 is 14.9. The first-order chi connectivity index (χ1) is 9.88. The Morgan fingerprint density at radius 2 is 2.24 bits per heavy atom. The van der Waals surface area contributed by atoms with Crippen LogP contribution in [0.1, 0.15) is 27.8 Å². The van der Waals surface area contributed by atoms with E-state index in [1.807, 2.05) is 6.92 Å². The van der Waals surface area contributed by atoms with E-state index in [2.05, 4.69) is 10.4 Å². The number of aliphatic hydroxyl groups excluding tert-OH is 1. The smallest absolute Gasteiger partial charge is 0.271 e. The molecule has 1 aromatic heterocycles. The third-order valence-electron chi connectivity index (χ3n) is 3.13. The first-order valence-electron chi connectivity index (χ1n) is 6.30. The molecule has 1 amide bonds.